The third-order valence-corrected chi connectivity index (χ3v) is 3.72. The molecular weight excluding hydrogens is 281 g/mol. The summed E-state index contributed by atoms with van der Waals surface area (Å²) in [4.78, 5) is 16.1. The molecule has 0 saturated carbocycles. The number of nitrogens with zero attached hydrogens (tertiary/aromatic N) is 2. The number of aromatic nitrogens is 2. The van der Waals surface area contributed by atoms with Gasteiger partial charge in [-0.05, 0) is 38.3 Å². The molecule has 2 aromatic rings. The van der Waals surface area contributed by atoms with E-state index in [0.717, 1.165) is 12.2 Å². The summed E-state index contributed by atoms with van der Waals surface area (Å²) in [5, 5.41) is 2.89. The molecule has 0 unspecified atom stereocenters. The van der Waals surface area contributed by atoms with Crippen LogP contribution in [0.15, 0.2) is 36.7 Å². The minimum Gasteiger partial charge on any atom is -0.356 e. The van der Waals surface area contributed by atoms with E-state index >= 15 is 0 Å². The summed E-state index contributed by atoms with van der Waals surface area (Å²) in [5.74, 6) is 0.729. The Labute approximate surface area is 130 Å². The molecule has 4 nitrogen and oxygen atoms in total. The second-order valence-electron chi connectivity index (χ2n) is 5.48. The van der Waals surface area contributed by atoms with Gasteiger partial charge in [0.1, 0.15) is 11.6 Å². The zero-order valence-electron chi connectivity index (χ0n) is 13.1. The van der Waals surface area contributed by atoms with E-state index in [4.69, 9.17) is 0 Å². The first-order valence-electron chi connectivity index (χ1n) is 7.57. The molecule has 0 fully saturated rings. The van der Waals surface area contributed by atoms with Crippen molar-refractivity contribution in [1.29, 1.82) is 0 Å². The lowest BCUT2D eigenvalue weighted by atomic mass is 10.1. The van der Waals surface area contributed by atoms with E-state index in [1.165, 1.54) is 6.07 Å². The highest BCUT2D eigenvalue weighted by molar-refractivity contribution is 5.76. The Balaban J connectivity index is 1.70. The third kappa shape index (κ3) is 4.41. The summed E-state index contributed by atoms with van der Waals surface area (Å²) in [5.41, 5.74) is 0.694. The molecule has 1 aromatic heterocycles. The molecule has 5 heteroatoms. The van der Waals surface area contributed by atoms with Crippen molar-refractivity contribution in [2.45, 2.75) is 39.2 Å². The van der Waals surface area contributed by atoms with Crippen LogP contribution in [0.1, 0.15) is 37.2 Å². The van der Waals surface area contributed by atoms with Crippen molar-refractivity contribution in [3.05, 3.63) is 53.9 Å². The molecule has 0 aliphatic carbocycles. The van der Waals surface area contributed by atoms with Crippen LogP contribution in [0.3, 0.4) is 0 Å². The van der Waals surface area contributed by atoms with Crippen molar-refractivity contribution in [2.75, 3.05) is 6.54 Å². The average Bonchev–Trinajstić information content (AvgIpc) is 2.91. The maximum Gasteiger partial charge on any atom is 0.222 e. The van der Waals surface area contributed by atoms with Crippen molar-refractivity contribution < 1.29 is 9.18 Å². The van der Waals surface area contributed by atoms with Crippen molar-refractivity contribution in [3.63, 3.8) is 0 Å². The maximum absolute atomic E-state index is 13.4. The van der Waals surface area contributed by atoms with Gasteiger partial charge in [0.05, 0.1) is 0 Å². The fourth-order valence-corrected chi connectivity index (χ4v) is 2.50. The maximum atomic E-state index is 13.4. The quantitative estimate of drug-likeness (QED) is 0.799. The number of hydrogen-bond donors (Lipinski definition) is 1. The molecule has 22 heavy (non-hydrogen) atoms. The topological polar surface area (TPSA) is 46.9 Å². The lowest BCUT2D eigenvalue weighted by Gasteiger charge is -2.14. The molecule has 2 rings (SSSR count). The van der Waals surface area contributed by atoms with E-state index in [1.54, 1.807) is 18.3 Å². The number of carbonyl (C=O) groups excluding carboxylic acids is 1. The predicted molar refractivity (Wildman–Crippen MR) is 84.0 cm³/mol. The van der Waals surface area contributed by atoms with Gasteiger partial charge >= 0.3 is 0 Å². The number of nitrogens with one attached hydrogen (secondary N) is 1. The lowest BCUT2D eigenvalue weighted by molar-refractivity contribution is -0.121. The lowest BCUT2D eigenvalue weighted by Crippen LogP contribution is -2.27. The largest absolute Gasteiger partial charge is 0.356 e. The minimum absolute atomic E-state index is 0.00846. The second kappa shape index (κ2) is 7.73. The van der Waals surface area contributed by atoms with Gasteiger partial charge in [-0.25, -0.2) is 9.37 Å². The second-order valence-corrected chi connectivity index (χ2v) is 5.48. The van der Waals surface area contributed by atoms with Gasteiger partial charge < -0.3 is 9.88 Å². The van der Waals surface area contributed by atoms with E-state index in [0.29, 0.717) is 24.9 Å². The van der Waals surface area contributed by atoms with Crippen LogP contribution in [-0.4, -0.2) is 22.0 Å². The first kappa shape index (κ1) is 16.2. The number of halogens is 1. The minimum atomic E-state index is -0.182. The number of amides is 1. The van der Waals surface area contributed by atoms with Crippen LogP contribution in [0.4, 0.5) is 4.39 Å². The normalized spacial score (nSPS) is 12.1. The Kier molecular flexibility index (Phi) is 5.69. The first-order chi connectivity index (χ1) is 10.6. The molecular formula is C17H22FN3O. The fraction of sp³-hybridized carbons (Fsp3) is 0.412. The SMILES string of the molecule is Cc1nccn1[C@@H](C)CC(=O)NCCCc1ccccc1F. The molecule has 1 heterocycles. The average molecular weight is 303 g/mol. The van der Waals surface area contributed by atoms with Gasteiger partial charge in [0.2, 0.25) is 5.91 Å². The van der Waals surface area contributed by atoms with Crippen LogP contribution in [0, 0.1) is 12.7 Å². The number of imidazole rings is 1. The zero-order valence-corrected chi connectivity index (χ0v) is 13.1. The van der Waals surface area contributed by atoms with Gasteiger partial charge in [-0.3, -0.25) is 4.79 Å². The highest BCUT2D eigenvalue weighted by Crippen LogP contribution is 2.12. The molecule has 0 spiro atoms. The summed E-state index contributed by atoms with van der Waals surface area (Å²) >= 11 is 0. The first-order valence-corrected chi connectivity index (χ1v) is 7.57. The summed E-state index contributed by atoms with van der Waals surface area (Å²) < 4.78 is 15.4. The molecule has 1 aromatic carbocycles. The van der Waals surface area contributed by atoms with E-state index in [-0.39, 0.29) is 17.8 Å². The van der Waals surface area contributed by atoms with Gasteiger partial charge in [0.15, 0.2) is 0 Å². The van der Waals surface area contributed by atoms with Crippen LogP contribution >= 0.6 is 0 Å². The predicted octanol–water partition coefficient (Wildman–Crippen LogP) is 3.03. The Morgan fingerprint density at radius 3 is 2.86 bits per heavy atom. The summed E-state index contributed by atoms with van der Waals surface area (Å²) in [6.45, 7) is 4.47. The summed E-state index contributed by atoms with van der Waals surface area (Å²) in [7, 11) is 0. The van der Waals surface area contributed by atoms with Gasteiger partial charge in [-0.15, -0.1) is 0 Å². The van der Waals surface area contributed by atoms with E-state index in [2.05, 4.69) is 10.3 Å². The van der Waals surface area contributed by atoms with Crippen molar-refractivity contribution in [3.8, 4) is 0 Å². The molecule has 0 radical (unpaired) electrons. The fourth-order valence-electron chi connectivity index (χ4n) is 2.50. The molecule has 0 saturated heterocycles. The monoisotopic (exact) mass is 303 g/mol. The van der Waals surface area contributed by atoms with E-state index in [9.17, 15) is 9.18 Å². The molecule has 0 aliphatic heterocycles. The van der Waals surface area contributed by atoms with Crippen LogP contribution in [0.25, 0.3) is 0 Å². The molecule has 1 N–H and O–H groups in total. The van der Waals surface area contributed by atoms with Crippen LogP contribution in [-0.2, 0) is 11.2 Å². The van der Waals surface area contributed by atoms with E-state index < -0.39 is 0 Å². The standard InChI is InChI=1S/C17H22FN3O/c1-13(21-11-10-19-14(21)2)12-17(22)20-9-5-7-15-6-3-4-8-16(15)18/h3-4,6,8,10-11,13H,5,7,9,12H2,1-2H3,(H,20,22)/t13-/m0/s1. The number of rotatable bonds is 7. The number of carbonyl (C=O) groups is 1. The third-order valence-electron chi connectivity index (χ3n) is 3.72. The van der Waals surface area contributed by atoms with Gasteiger partial charge in [-0.2, -0.15) is 0 Å². The van der Waals surface area contributed by atoms with Crippen LogP contribution in [0.2, 0.25) is 0 Å². The number of aryl methyl sites for hydroxylation is 2. The van der Waals surface area contributed by atoms with Crippen LogP contribution in [0.5, 0.6) is 0 Å². The Morgan fingerprint density at radius 2 is 2.18 bits per heavy atom. The van der Waals surface area contributed by atoms with Crippen molar-refractivity contribution in [1.82, 2.24) is 14.9 Å². The van der Waals surface area contributed by atoms with Crippen molar-refractivity contribution in [2.24, 2.45) is 0 Å². The molecule has 1 amide bonds. The van der Waals surface area contributed by atoms with Gasteiger partial charge in [0, 0.05) is 31.4 Å². The summed E-state index contributed by atoms with van der Waals surface area (Å²) in [6, 6.07) is 6.82. The molecule has 118 valence electrons. The summed E-state index contributed by atoms with van der Waals surface area (Å²) in [6.07, 6.45) is 5.38. The van der Waals surface area contributed by atoms with E-state index in [1.807, 2.05) is 30.7 Å². The Hall–Kier alpha value is -2.17. The highest BCUT2D eigenvalue weighted by Gasteiger charge is 2.11. The smallest absolute Gasteiger partial charge is 0.222 e. The van der Waals surface area contributed by atoms with Crippen LogP contribution < -0.4 is 5.32 Å². The molecule has 0 aliphatic rings. The number of benzene rings is 1. The van der Waals surface area contributed by atoms with Crippen molar-refractivity contribution >= 4 is 5.91 Å². The van der Waals surface area contributed by atoms with Gasteiger partial charge in [-0.1, -0.05) is 18.2 Å². The molecule has 1 atom stereocenters. The Bertz CT molecular complexity index is 624. The number of hydrogen-bond acceptors (Lipinski definition) is 2. The Morgan fingerprint density at radius 1 is 1.41 bits per heavy atom. The zero-order chi connectivity index (χ0) is 15.9. The molecule has 0 bridgehead atoms. The highest BCUT2D eigenvalue weighted by atomic mass is 19.1. The van der Waals surface area contributed by atoms with Gasteiger partial charge in [0.25, 0.3) is 0 Å².